The Hall–Kier alpha value is -12.1. The van der Waals surface area contributed by atoms with Crippen LogP contribution in [0.3, 0.4) is 0 Å². The second-order valence-corrected chi connectivity index (χ2v) is 19.0. The highest BCUT2D eigenvalue weighted by atomic mass is 35.5. The highest BCUT2D eigenvalue weighted by molar-refractivity contribution is 6.33. The molecule has 12 heteroatoms. The average molecular weight is 1020 g/mol. The van der Waals surface area contributed by atoms with E-state index in [4.69, 9.17) is 11.6 Å². The molecule has 0 unspecified atom stereocenters. The summed E-state index contributed by atoms with van der Waals surface area (Å²) < 4.78 is 4.13. The van der Waals surface area contributed by atoms with Crippen molar-refractivity contribution in [1.29, 1.82) is 42.1 Å². The number of nitrogens with zero attached hydrogens (tertiary/aromatic N) is 11. The molecule has 3 aromatic heterocycles. The van der Waals surface area contributed by atoms with Gasteiger partial charge in [0.05, 0.1) is 120 Å². The van der Waals surface area contributed by atoms with Crippen LogP contribution in [0.2, 0.25) is 5.02 Å². The fourth-order valence-corrected chi connectivity index (χ4v) is 11.0. The monoisotopic (exact) mass is 1020 g/mol. The molecule has 0 aliphatic carbocycles. The van der Waals surface area contributed by atoms with Gasteiger partial charge < -0.3 is 9.13 Å². The quantitative estimate of drug-likeness (QED) is 0.148. The largest absolute Gasteiger partial charge is 0.309 e. The number of benzene rings is 9. The van der Waals surface area contributed by atoms with Crippen molar-refractivity contribution in [3.8, 4) is 116 Å². The van der Waals surface area contributed by atoms with Crippen LogP contribution in [0, 0.1) is 90.6 Å². The number of hydrogen-bond acceptors (Lipinski definition) is 9. The lowest BCUT2D eigenvalue weighted by molar-refractivity contribution is 1.13. The summed E-state index contributed by atoms with van der Waals surface area (Å²) in [6, 6.07) is 69.6. The first-order chi connectivity index (χ1) is 38.7. The van der Waals surface area contributed by atoms with Gasteiger partial charge in [-0.1, -0.05) is 84.4 Å². The van der Waals surface area contributed by atoms with E-state index in [1.165, 1.54) is 0 Å². The molecule has 11 nitrogen and oxygen atoms in total. The zero-order chi connectivity index (χ0) is 54.5. The molecular formula is C67H30ClN11. The first-order valence-electron chi connectivity index (χ1n) is 24.4. The highest BCUT2D eigenvalue weighted by Crippen LogP contribution is 2.45. The van der Waals surface area contributed by atoms with Crippen molar-refractivity contribution in [1.82, 2.24) is 14.1 Å². The Morgan fingerprint density at radius 2 is 0.646 bits per heavy atom. The fourth-order valence-electron chi connectivity index (χ4n) is 10.7. The Balaban J connectivity index is 1.20. The number of hydrogen-bond donors (Lipinski definition) is 0. The minimum Gasteiger partial charge on any atom is -0.309 e. The molecule has 0 aliphatic rings. The van der Waals surface area contributed by atoms with E-state index in [9.17, 15) is 42.1 Å². The van der Waals surface area contributed by atoms with Crippen LogP contribution in [0.4, 0.5) is 0 Å². The summed E-state index contributed by atoms with van der Waals surface area (Å²) in [5, 5.41) is 85.4. The van der Waals surface area contributed by atoms with E-state index in [1.807, 2.05) is 108 Å². The first kappa shape index (κ1) is 47.9. The van der Waals surface area contributed by atoms with Gasteiger partial charge in [-0.25, -0.2) is 0 Å². The predicted molar refractivity (Wildman–Crippen MR) is 303 cm³/mol. The molecule has 12 rings (SSSR count). The number of aromatic nitrogens is 3. The van der Waals surface area contributed by atoms with Gasteiger partial charge in [0, 0.05) is 50.1 Å². The molecule has 0 bridgehead atoms. The molecule has 0 radical (unpaired) electrons. The third-order valence-electron chi connectivity index (χ3n) is 14.4. The summed E-state index contributed by atoms with van der Waals surface area (Å²) in [5.74, 6) is 0. The number of rotatable bonds is 7. The van der Waals surface area contributed by atoms with Crippen molar-refractivity contribution >= 4 is 55.2 Å². The standard InChI is InChI=1S/C67H30ClN11/c68-61-24-42(34-72)4-12-55(61)47-8-16-57-56-13-5-44(52-9-1-39(31-69)21-48(52)35-73)25-63(56)78(64(57)28-47)62-30-60(43-17-19-77-20-18-43)67(29-51(62)38-76)79-65-26-45(53-10-2-40(32-70)22-49(53)36-74)6-14-58(65)59-15-7-46(27-66(59)79)54-11-3-41(33-71)23-50(54)37-75/h1-30H. The number of pyridine rings is 1. The van der Waals surface area contributed by atoms with Gasteiger partial charge in [-0.3, -0.25) is 4.98 Å². The zero-order valence-corrected chi connectivity index (χ0v) is 41.9. The molecule has 0 saturated heterocycles. The van der Waals surface area contributed by atoms with E-state index in [-0.39, 0.29) is 5.56 Å². The van der Waals surface area contributed by atoms with Crippen molar-refractivity contribution < 1.29 is 0 Å². The van der Waals surface area contributed by atoms with Gasteiger partial charge in [0.25, 0.3) is 0 Å². The van der Waals surface area contributed by atoms with Gasteiger partial charge in [0.2, 0.25) is 0 Å². The molecule has 79 heavy (non-hydrogen) atoms. The summed E-state index contributed by atoms with van der Waals surface area (Å²) in [6.07, 6.45) is 3.40. The molecule has 0 fully saturated rings. The normalized spacial score (nSPS) is 10.7. The van der Waals surface area contributed by atoms with Crippen molar-refractivity contribution in [3.05, 3.63) is 232 Å². The molecule has 12 aromatic rings. The van der Waals surface area contributed by atoms with E-state index < -0.39 is 0 Å². The predicted octanol–water partition coefficient (Wildman–Crippen LogP) is 15.2. The van der Waals surface area contributed by atoms with Gasteiger partial charge in [-0.2, -0.15) is 42.1 Å². The highest BCUT2D eigenvalue weighted by Gasteiger charge is 2.25. The first-order valence-corrected chi connectivity index (χ1v) is 24.8. The van der Waals surface area contributed by atoms with Crippen molar-refractivity contribution in [3.63, 3.8) is 0 Å². The smallest absolute Gasteiger partial charge is 0.101 e. The summed E-state index contributed by atoms with van der Waals surface area (Å²) in [5.41, 5.74) is 13.7. The molecule has 0 atom stereocenters. The SMILES string of the molecule is N#Cc1ccc(-c2ccc3c4ccc(-c5ccc(C#N)cc5C#N)cc4n(-c4cc(-c5ccncc5)c(-n5c6cc(-c7ccc(C#N)cc7C#N)ccc6c6ccc(-c7ccc(C#N)cc7C#N)cc65)cc4C#N)c3c2)c(Cl)c1. The van der Waals surface area contributed by atoms with Gasteiger partial charge in [-0.05, 0) is 142 Å². The second-order valence-electron chi connectivity index (χ2n) is 18.6. The maximum absolute atomic E-state index is 11.6. The Bertz CT molecular complexity index is 4890. The van der Waals surface area contributed by atoms with Crippen LogP contribution in [-0.2, 0) is 0 Å². The van der Waals surface area contributed by atoms with Crippen molar-refractivity contribution in [2.24, 2.45) is 0 Å². The number of fused-ring (bicyclic) bond motifs is 6. The summed E-state index contributed by atoms with van der Waals surface area (Å²) >= 11 is 6.89. The summed E-state index contributed by atoms with van der Waals surface area (Å²) in [7, 11) is 0. The lowest BCUT2D eigenvalue weighted by Crippen LogP contribution is -2.04. The third-order valence-corrected chi connectivity index (χ3v) is 14.7. The molecule has 3 heterocycles. The molecule has 360 valence electrons. The van der Waals surface area contributed by atoms with Gasteiger partial charge >= 0.3 is 0 Å². The average Bonchev–Trinajstić information content (AvgIpc) is 4.19. The van der Waals surface area contributed by atoms with Crippen molar-refractivity contribution in [2.45, 2.75) is 0 Å². The maximum atomic E-state index is 11.6. The second kappa shape index (κ2) is 19.3. The van der Waals surface area contributed by atoms with E-state index in [0.717, 1.165) is 49.2 Å². The Kier molecular flexibility index (Phi) is 11.7. The van der Waals surface area contributed by atoms with Crippen LogP contribution in [0.25, 0.3) is 111 Å². The van der Waals surface area contributed by atoms with Crippen LogP contribution in [0.15, 0.2) is 182 Å². The van der Waals surface area contributed by atoms with Crippen LogP contribution in [-0.4, -0.2) is 14.1 Å². The molecule has 9 aromatic carbocycles. The van der Waals surface area contributed by atoms with Gasteiger partial charge in [0.1, 0.15) is 6.07 Å². The third kappa shape index (κ3) is 7.97. The Labute approximate surface area is 456 Å². The summed E-state index contributed by atoms with van der Waals surface area (Å²) in [6.45, 7) is 0. The van der Waals surface area contributed by atoms with Crippen LogP contribution in [0.1, 0.15) is 44.5 Å². The van der Waals surface area contributed by atoms with Gasteiger partial charge in [-0.15, -0.1) is 0 Å². The number of halogens is 1. The molecule has 0 aliphatic heterocycles. The molecular weight excluding hydrogens is 994 g/mol. The van der Waals surface area contributed by atoms with Crippen LogP contribution in [0.5, 0.6) is 0 Å². The number of nitriles is 8. The van der Waals surface area contributed by atoms with Crippen LogP contribution >= 0.6 is 11.6 Å². The van der Waals surface area contributed by atoms with Crippen molar-refractivity contribution in [2.75, 3.05) is 0 Å². The minimum absolute atomic E-state index is 0.287. The zero-order valence-electron chi connectivity index (χ0n) is 41.1. The van der Waals surface area contributed by atoms with E-state index >= 15 is 0 Å². The fraction of sp³-hybridized carbons (Fsp3) is 0. The van der Waals surface area contributed by atoms with Crippen LogP contribution < -0.4 is 0 Å². The van der Waals surface area contributed by atoms with Gasteiger partial charge in [0.15, 0.2) is 0 Å². The topological polar surface area (TPSA) is 213 Å². The lowest BCUT2D eigenvalue weighted by atomic mass is 9.96. The molecule has 0 spiro atoms. The van der Waals surface area contributed by atoms with E-state index in [0.29, 0.717) is 105 Å². The molecule has 0 saturated carbocycles. The van der Waals surface area contributed by atoms with E-state index in [2.05, 4.69) is 58.1 Å². The molecule has 0 N–H and O–H groups in total. The maximum Gasteiger partial charge on any atom is 0.101 e. The molecule has 0 amide bonds. The summed E-state index contributed by atoms with van der Waals surface area (Å²) in [4.78, 5) is 4.39. The Morgan fingerprint density at radius 1 is 0.291 bits per heavy atom. The Morgan fingerprint density at radius 3 is 1.01 bits per heavy atom. The lowest BCUT2D eigenvalue weighted by Gasteiger charge is -2.19. The van der Waals surface area contributed by atoms with E-state index in [1.54, 1.807) is 79.1 Å². The minimum atomic E-state index is 0.287.